The number of carboxylic acid groups (broad SMARTS) is 1. The predicted molar refractivity (Wildman–Crippen MR) is 221 cm³/mol. The molecule has 1 aromatic heterocycles. The summed E-state index contributed by atoms with van der Waals surface area (Å²) in [5, 5.41) is 21.9. The van der Waals surface area contributed by atoms with Crippen molar-refractivity contribution in [2.24, 2.45) is 16.6 Å². The number of anilines is 1. The monoisotopic (exact) mass is 810 g/mol. The summed E-state index contributed by atoms with van der Waals surface area (Å²) in [6.45, 7) is 5.11. The van der Waals surface area contributed by atoms with Crippen LogP contribution in [-0.2, 0) is 30.5 Å². The molecule has 1 aliphatic rings. The number of aliphatic imine (C=N–C) groups is 1. The van der Waals surface area contributed by atoms with E-state index in [9.17, 15) is 29.1 Å². The SMILES string of the molecule is CC(C)CC(NC(=O)OCc1ccccc1)C(=O)NC(CCCCN(C)C)C(=O)NC(CCCCN)C(=O)Nc1ccc2nc(C3=NC(C(=O)O)CS3)sc2c1. The van der Waals surface area contributed by atoms with Gasteiger partial charge in [0.05, 0.1) is 10.2 Å². The number of carbonyl (C=O) groups is 5. The highest BCUT2D eigenvalue weighted by molar-refractivity contribution is 8.15. The molecule has 15 nitrogen and oxygen atoms in total. The molecule has 56 heavy (non-hydrogen) atoms. The Balaban J connectivity index is 1.47. The van der Waals surface area contributed by atoms with Crippen molar-refractivity contribution < 1.29 is 33.8 Å². The summed E-state index contributed by atoms with van der Waals surface area (Å²) in [4.78, 5) is 76.6. The molecule has 0 fully saturated rings. The lowest BCUT2D eigenvalue weighted by molar-refractivity contribution is -0.137. The largest absolute Gasteiger partial charge is 0.480 e. The second-order valence-corrected chi connectivity index (χ2v) is 16.4. The molecule has 304 valence electrons. The normalized spacial score (nSPS) is 15.6. The summed E-state index contributed by atoms with van der Waals surface area (Å²) < 4.78 is 6.16. The van der Waals surface area contributed by atoms with Gasteiger partial charge in [-0.2, -0.15) is 0 Å². The Bertz CT molecular complexity index is 1820. The number of unbranched alkanes of at least 4 members (excludes halogenated alkanes) is 2. The molecule has 1 aliphatic heterocycles. The number of thiazole rings is 1. The lowest BCUT2D eigenvalue weighted by Crippen LogP contribution is -2.56. The van der Waals surface area contributed by atoms with Crippen molar-refractivity contribution in [2.45, 2.75) is 89.6 Å². The fourth-order valence-electron chi connectivity index (χ4n) is 5.90. The first-order valence-electron chi connectivity index (χ1n) is 18.9. The van der Waals surface area contributed by atoms with E-state index < -0.39 is 54.0 Å². The van der Waals surface area contributed by atoms with Gasteiger partial charge in [0, 0.05) is 11.4 Å². The van der Waals surface area contributed by atoms with Crippen LogP contribution >= 0.6 is 23.1 Å². The van der Waals surface area contributed by atoms with Crippen molar-refractivity contribution in [3.8, 4) is 0 Å². The van der Waals surface area contributed by atoms with Crippen LogP contribution in [0.25, 0.3) is 10.2 Å². The maximum atomic E-state index is 14.0. The minimum absolute atomic E-state index is 0.0379. The Morgan fingerprint density at radius 2 is 1.59 bits per heavy atom. The van der Waals surface area contributed by atoms with E-state index in [0.29, 0.717) is 72.1 Å². The summed E-state index contributed by atoms with van der Waals surface area (Å²) in [7, 11) is 3.92. The van der Waals surface area contributed by atoms with E-state index in [4.69, 9.17) is 10.5 Å². The van der Waals surface area contributed by atoms with Crippen molar-refractivity contribution in [1.82, 2.24) is 25.8 Å². The predicted octanol–water partition coefficient (Wildman–Crippen LogP) is 4.35. The van der Waals surface area contributed by atoms with Gasteiger partial charge in [0.2, 0.25) is 17.7 Å². The van der Waals surface area contributed by atoms with E-state index in [0.717, 1.165) is 23.2 Å². The lowest BCUT2D eigenvalue weighted by atomic mass is 10.0. The van der Waals surface area contributed by atoms with Crippen LogP contribution < -0.4 is 27.0 Å². The standard InChI is InChI=1S/C39H54N8O7S2/c1-24(2)20-30(46-39(53)54-22-25-12-6-5-7-13-25)35(50)43-29(15-9-11-19-47(3)4)34(49)42-28(14-8-10-18-40)33(48)41-26-16-17-27-32(21-26)56-37(44-27)36-45-31(23-55-36)38(51)52/h5-7,12-13,16-17,21,24,28-31H,8-11,14-15,18-20,22-23,40H2,1-4H3,(H,41,48)(H,42,49)(H,43,50)(H,46,53)(H,51,52). The van der Waals surface area contributed by atoms with E-state index in [-0.39, 0.29) is 12.5 Å². The van der Waals surface area contributed by atoms with Crippen molar-refractivity contribution >= 4 is 73.8 Å². The number of hydrogen-bond acceptors (Lipinski definition) is 12. The number of alkyl carbamates (subject to hydrolysis) is 1. The van der Waals surface area contributed by atoms with Gasteiger partial charge in [-0.05, 0) is 102 Å². The van der Waals surface area contributed by atoms with Crippen LogP contribution in [0.4, 0.5) is 10.5 Å². The van der Waals surface area contributed by atoms with Crippen molar-refractivity contribution in [3.63, 3.8) is 0 Å². The second kappa shape index (κ2) is 22.2. The van der Waals surface area contributed by atoms with E-state index in [1.54, 1.807) is 18.2 Å². The number of carboxylic acids is 1. The van der Waals surface area contributed by atoms with Crippen LogP contribution in [0.3, 0.4) is 0 Å². The number of amides is 4. The summed E-state index contributed by atoms with van der Waals surface area (Å²) >= 11 is 2.70. The fraction of sp³-hybridized carbons (Fsp3) is 0.513. The number of hydrogen-bond donors (Lipinski definition) is 6. The molecule has 2 heterocycles. The number of carbonyl (C=O) groups excluding carboxylic acids is 4. The summed E-state index contributed by atoms with van der Waals surface area (Å²) in [5.41, 5.74) is 7.73. The van der Waals surface area contributed by atoms with Gasteiger partial charge < -0.3 is 41.7 Å². The first-order chi connectivity index (χ1) is 26.8. The van der Waals surface area contributed by atoms with Crippen molar-refractivity contribution in [3.05, 3.63) is 59.1 Å². The van der Waals surface area contributed by atoms with E-state index in [1.165, 1.54) is 23.1 Å². The van der Waals surface area contributed by atoms with Crippen molar-refractivity contribution in [1.29, 1.82) is 0 Å². The molecule has 4 rings (SSSR count). The number of ether oxygens (including phenoxy) is 1. The van der Waals surface area contributed by atoms with Gasteiger partial charge in [0.15, 0.2) is 6.04 Å². The first-order valence-corrected chi connectivity index (χ1v) is 20.7. The van der Waals surface area contributed by atoms with Gasteiger partial charge in [-0.1, -0.05) is 44.2 Å². The number of nitrogens with zero attached hydrogens (tertiary/aromatic N) is 3. The van der Waals surface area contributed by atoms with Crippen LogP contribution in [0.5, 0.6) is 0 Å². The molecule has 0 bridgehead atoms. The third kappa shape index (κ3) is 14.2. The zero-order valence-corrected chi connectivity index (χ0v) is 34.0. The fourth-order valence-corrected chi connectivity index (χ4v) is 8.00. The Kier molecular flexibility index (Phi) is 17.5. The molecule has 2 aromatic carbocycles. The molecule has 0 aliphatic carbocycles. The molecule has 4 unspecified atom stereocenters. The van der Waals surface area contributed by atoms with E-state index in [1.807, 2.05) is 63.2 Å². The number of aliphatic carboxylic acids is 1. The number of fused-ring (bicyclic) bond motifs is 1. The summed E-state index contributed by atoms with van der Waals surface area (Å²) in [5.74, 6) is -2.06. The highest BCUT2D eigenvalue weighted by Crippen LogP contribution is 2.31. The smallest absolute Gasteiger partial charge is 0.408 e. The molecule has 0 saturated heterocycles. The van der Waals surface area contributed by atoms with Crippen LogP contribution in [0.15, 0.2) is 53.5 Å². The number of thioether (sulfide) groups is 1. The number of nitrogens with one attached hydrogen (secondary N) is 4. The maximum Gasteiger partial charge on any atom is 0.408 e. The Hall–Kier alpha value is -4.58. The zero-order valence-electron chi connectivity index (χ0n) is 32.4. The topological polar surface area (TPSA) is 217 Å². The molecular formula is C39H54N8O7S2. The van der Waals surface area contributed by atoms with Gasteiger partial charge in [-0.25, -0.2) is 14.6 Å². The third-order valence-corrected chi connectivity index (χ3v) is 11.1. The number of benzene rings is 2. The van der Waals surface area contributed by atoms with Crippen molar-refractivity contribution in [2.75, 3.05) is 38.3 Å². The van der Waals surface area contributed by atoms with E-state index in [2.05, 4.69) is 31.2 Å². The van der Waals surface area contributed by atoms with Gasteiger partial charge in [-0.3, -0.25) is 19.4 Å². The van der Waals surface area contributed by atoms with Crippen LogP contribution in [0.1, 0.15) is 69.4 Å². The van der Waals surface area contributed by atoms with Gasteiger partial charge >= 0.3 is 12.1 Å². The molecule has 0 saturated carbocycles. The zero-order chi connectivity index (χ0) is 40.6. The molecule has 3 aromatic rings. The van der Waals surface area contributed by atoms with Gasteiger partial charge in [0.25, 0.3) is 0 Å². The second-order valence-electron chi connectivity index (χ2n) is 14.4. The Morgan fingerprint density at radius 1 is 0.911 bits per heavy atom. The molecule has 4 atom stereocenters. The molecule has 17 heteroatoms. The highest BCUT2D eigenvalue weighted by atomic mass is 32.2. The molecule has 0 radical (unpaired) electrons. The quantitative estimate of drug-likeness (QED) is 0.0784. The third-order valence-electron chi connectivity index (χ3n) is 8.86. The van der Waals surface area contributed by atoms with Crippen LogP contribution in [0, 0.1) is 5.92 Å². The minimum atomic E-state index is -0.978. The maximum absolute atomic E-state index is 14.0. The summed E-state index contributed by atoms with van der Waals surface area (Å²) in [6.07, 6.45) is 2.83. The molecule has 4 amide bonds. The molecular weight excluding hydrogens is 757 g/mol. The Labute approximate surface area is 336 Å². The summed E-state index contributed by atoms with van der Waals surface area (Å²) in [6, 6.07) is 10.8. The van der Waals surface area contributed by atoms with Gasteiger partial charge in [0.1, 0.15) is 34.8 Å². The first kappa shape index (κ1) is 44.1. The van der Waals surface area contributed by atoms with E-state index >= 15 is 0 Å². The van der Waals surface area contributed by atoms with Crippen LogP contribution in [-0.4, -0.2) is 107 Å². The van der Waals surface area contributed by atoms with Gasteiger partial charge in [-0.15, -0.1) is 23.1 Å². The lowest BCUT2D eigenvalue weighted by Gasteiger charge is -2.26. The number of aromatic nitrogens is 1. The minimum Gasteiger partial charge on any atom is -0.480 e. The highest BCUT2D eigenvalue weighted by Gasteiger charge is 2.31. The average molecular weight is 811 g/mol. The number of rotatable bonds is 22. The number of nitrogens with two attached hydrogens (primary N) is 1. The average Bonchev–Trinajstić information content (AvgIpc) is 3.83. The van der Waals surface area contributed by atoms with Crippen LogP contribution in [0.2, 0.25) is 0 Å². The molecule has 0 spiro atoms. The molecule has 7 N–H and O–H groups in total. The Morgan fingerprint density at radius 3 is 2.23 bits per heavy atom.